The molecule has 2 fully saturated rings. The molecule has 2 aliphatic rings. The fourth-order valence-electron chi connectivity index (χ4n) is 4.84. The highest BCUT2D eigenvalue weighted by Crippen LogP contribution is 2.55. The molecule has 0 aliphatic carbocycles. The number of nitrogens with one attached hydrogen (secondary N) is 1. The third-order valence-corrected chi connectivity index (χ3v) is 6.50. The maximum Gasteiger partial charge on any atom is 0.321 e. The van der Waals surface area contributed by atoms with Crippen LogP contribution in [0.5, 0.6) is 5.75 Å². The summed E-state index contributed by atoms with van der Waals surface area (Å²) in [5.41, 5.74) is 1.10. The molecule has 2 heterocycles. The monoisotopic (exact) mass is 415 g/mol. The van der Waals surface area contributed by atoms with Gasteiger partial charge in [-0.05, 0) is 56.5 Å². The number of phenolic OH excluding ortho intramolecular Hbond substituents is 1. The Morgan fingerprint density at radius 1 is 1.13 bits per heavy atom. The van der Waals surface area contributed by atoms with Crippen molar-refractivity contribution in [3.8, 4) is 5.75 Å². The van der Waals surface area contributed by atoms with Crippen LogP contribution in [0.25, 0.3) is 0 Å². The van der Waals surface area contributed by atoms with Crippen LogP contribution in [0.2, 0.25) is 0 Å². The summed E-state index contributed by atoms with van der Waals surface area (Å²) in [7, 11) is 0. The number of likely N-dealkylation sites (tertiary alicyclic amines) is 2. The summed E-state index contributed by atoms with van der Waals surface area (Å²) in [6, 6.07) is 10.6. The van der Waals surface area contributed by atoms with Gasteiger partial charge in [-0.2, -0.15) is 0 Å². The molecular weight excluding hydrogens is 388 g/mol. The summed E-state index contributed by atoms with van der Waals surface area (Å²) in [6.07, 6.45) is 1.67. The fraction of sp³-hybridized carbons (Fsp3) is 0.435. The summed E-state index contributed by atoms with van der Waals surface area (Å²) in [6.45, 7) is 6.43. The SMILES string of the molecule is CC(C)N1CC2(CCN(C(=O)Nc3cc(F)ccc3F)CC2)C1c1ccc(O)cc1. The number of aromatic hydroxyl groups is 1. The number of hydrogen-bond acceptors (Lipinski definition) is 3. The summed E-state index contributed by atoms with van der Waals surface area (Å²) in [4.78, 5) is 16.7. The number of anilines is 1. The molecule has 30 heavy (non-hydrogen) atoms. The van der Waals surface area contributed by atoms with Gasteiger partial charge in [-0.1, -0.05) is 12.1 Å². The lowest BCUT2D eigenvalue weighted by Gasteiger charge is -2.62. The maximum atomic E-state index is 13.8. The molecule has 2 N–H and O–H groups in total. The van der Waals surface area contributed by atoms with E-state index in [1.807, 2.05) is 12.1 Å². The van der Waals surface area contributed by atoms with E-state index >= 15 is 0 Å². The summed E-state index contributed by atoms with van der Waals surface area (Å²) < 4.78 is 27.2. The van der Waals surface area contributed by atoms with E-state index in [-0.39, 0.29) is 22.9 Å². The number of rotatable bonds is 3. The van der Waals surface area contributed by atoms with Crippen molar-refractivity contribution in [2.24, 2.45) is 5.41 Å². The molecule has 2 saturated heterocycles. The van der Waals surface area contributed by atoms with E-state index in [1.54, 1.807) is 17.0 Å². The molecule has 2 aliphatic heterocycles. The normalized spacial score (nSPS) is 21.0. The standard InChI is InChI=1S/C23H27F2N3O2/c1-15(2)28-14-23(21(28)16-3-6-18(29)7-4-16)9-11-27(12-10-23)22(30)26-20-13-17(24)5-8-19(20)25/h3-8,13,15,21,29H,9-12,14H2,1-2H3,(H,26,30). The maximum absolute atomic E-state index is 13.8. The van der Waals surface area contributed by atoms with Crippen molar-refractivity contribution in [3.63, 3.8) is 0 Å². The van der Waals surface area contributed by atoms with E-state index in [9.17, 15) is 18.7 Å². The van der Waals surface area contributed by atoms with Gasteiger partial charge in [0.25, 0.3) is 0 Å². The molecule has 5 nitrogen and oxygen atoms in total. The number of benzene rings is 2. The average molecular weight is 415 g/mol. The van der Waals surface area contributed by atoms with Crippen molar-refractivity contribution < 1.29 is 18.7 Å². The molecular formula is C23H27F2N3O2. The second-order valence-corrected chi connectivity index (χ2v) is 8.66. The number of phenols is 1. The van der Waals surface area contributed by atoms with Crippen LogP contribution in [0, 0.1) is 17.0 Å². The molecule has 1 atom stereocenters. The average Bonchev–Trinajstić information content (AvgIpc) is 2.71. The minimum absolute atomic E-state index is 0.0716. The lowest BCUT2D eigenvalue weighted by molar-refractivity contribution is -0.123. The quantitative estimate of drug-likeness (QED) is 0.761. The predicted molar refractivity (Wildman–Crippen MR) is 111 cm³/mol. The molecule has 0 saturated carbocycles. The number of carbonyl (C=O) groups excluding carboxylic acids is 1. The number of nitrogens with zero attached hydrogens (tertiary/aromatic N) is 2. The lowest BCUT2D eigenvalue weighted by Crippen LogP contribution is -2.64. The first-order valence-electron chi connectivity index (χ1n) is 10.3. The van der Waals surface area contributed by atoms with Crippen molar-refractivity contribution in [3.05, 3.63) is 59.7 Å². The Hall–Kier alpha value is -2.67. The summed E-state index contributed by atoms with van der Waals surface area (Å²) in [5.74, 6) is -0.999. The van der Waals surface area contributed by atoms with Gasteiger partial charge in [-0.3, -0.25) is 4.90 Å². The molecule has 2 aromatic carbocycles. The third kappa shape index (κ3) is 3.74. The Labute approximate surface area is 175 Å². The van der Waals surface area contributed by atoms with Gasteiger partial charge in [0.1, 0.15) is 17.4 Å². The third-order valence-electron chi connectivity index (χ3n) is 6.50. The van der Waals surface area contributed by atoms with Crippen LogP contribution in [0.15, 0.2) is 42.5 Å². The first-order chi connectivity index (χ1) is 14.3. The zero-order valence-electron chi connectivity index (χ0n) is 17.2. The summed E-state index contributed by atoms with van der Waals surface area (Å²) in [5, 5.41) is 12.1. The number of hydrogen-bond donors (Lipinski definition) is 2. The molecule has 2 aromatic rings. The van der Waals surface area contributed by atoms with Crippen LogP contribution >= 0.6 is 0 Å². The topological polar surface area (TPSA) is 55.8 Å². The number of halogens is 2. The van der Waals surface area contributed by atoms with Crippen LogP contribution in [0.4, 0.5) is 19.3 Å². The van der Waals surface area contributed by atoms with E-state index in [2.05, 4.69) is 24.1 Å². The number of piperidine rings is 1. The van der Waals surface area contributed by atoms with Gasteiger partial charge in [0, 0.05) is 43.2 Å². The van der Waals surface area contributed by atoms with Crippen molar-refractivity contribution in [2.75, 3.05) is 25.0 Å². The van der Waals surface area contributed by atoms with Crippen molar-refractivity contribution in [1.29, 1.82) is 0 Å². The van der Waals surface area contributed by atoms with Crippen molar-refractivity contribution in [1.82, 2.24) is 9.80 Å². The molecule has 0 radical (unpaired) electrons. The second kappa shape index (κ2) is 7.87. The zero-order chi connectivity index (χ0) is 21.5. The molecule has 7 heteroatoms. The van der Waals surface area contributed by atoms with Crippen molar-refractivity contribution >= 4 is 11.7 Å². The highest BCUT2D eigenvalue weighted by molar-refractivity contribution is 5.89. The Morgan fingerprint density at radius 2 is 1.80 bits per heavy atom. The fourth-order valence-corrected chi connectivity index (χ4v) is 4.84. The van der Waals surface area contributed by atoms with Crippen molar-refractivity contribution in [2.45, 2.75) is 38.8 Å². The van der Waals surface area contributed by atoms with Gasteiger partial charge < -0.3 is 15.3 Å². The van der Waals surface area contributed by atoms with E-state index in [0.717, 1.165) is 37.6 Å². The van der Waals surface area contributed by atoms with Gasteiger partial charge in [0.15, 0.2) is 0 Å². The minimum Gasteiger partial charge on any atom is -0.508 e. The molecule has 1 spiro atoms. The Balaban J connectivity index is 1.45. The van der Waals surface area contributed by atoms with Crippen LogP contribution in [-0.4, -0.2) is 46.6 Å². The lowest BCUT2D eigenvalue weighted by atomic mass is 9.62. The first-order valence-corrected chi connectivity index (χ1v) is 10.3. The minimum atomic E-state index is -0.655. The van der Waals surface area contributed by atoms with E-state index in [0.29, 0.717) is 19.1 Å². The van der Waals surface area contributed by atoms with Crippen LogP contribution in [-0.2, 0) is 0 Å². The molecule has 4 rings (SSSR count). The Bertz CT molecular complexity index is 925. The molecule has 160 valence electrons. The zero-order valence-corrected chi connectivity index (χ0v) is 17.2. The number of carbonyl (C=O) groups is 1. The number of amides is 2. The van der Waals surface area contributed by atoms with Gasteiger partial charge in [0.05, 0.1) is 5.69 Å². The smallest absolute Gasteiger partial charge is 0.321 e. The van der Waals surface area contributed by atoms with E-state index in [1.165, 1.54) is 5.56 Å². The molecule has 0 bridgehead atoms. The van der Waals surface area contributed by atoms with Gasteiger partial charge >= 0.3 is 6.03 Å². The second-order valence-electron chi connectivity index (χ2n) is 8.66. The van der Waals surface area contributed by atoms with Crippen LogP contribution in [0.1, 0.15) is 38.3 Å². The van der Waals surface area contributed by atoms with E-state index < -0.39 is 17.7 Å². The largest absolute Gasteiger partial charge is 0.508 e. The molecule has 0 aromatic heterocycles. The molecule has 2 amide bonds. The molecule has 1 unspecified atom stereocenters. The highest BCUT2D eigenvalue weighted by atomic mass is 19.1. The predicted octanol–water partition coefficient (Wildman–Crippen LogP) is 4.75. The van der Waals surface area contributed by atoms with E-state index in [4.69, 9.17) is 0 Å². The van der Waals surface area contributed by atoms with Crippen LogP contribution in [0.3, 0.4) is 0 Å². The number of urea groups is 1. The van der Waals surface area contributed by atoms with Gasteiger partial charge in [-0.25, -0.2) is 13.6 Å². The summed E-state index contributed by atoms with van der Waals surface area (Å²) >= 11 is 0. The van der Waals surface area contributed by atoms with Gasteiger partial charge in [-0.15, -0.1) is 0 Å². The van der Waals surface area contributed by atoms with Gasteiger partial charge in [0.2, 0.25) is 0 Å². The Morgan fingerprint density at radius 3 is 2.43 bits per heavy atom. The Kier molecular flexibility index (Phi) is 5.40. The first kappa shape index (κ1) is 20.6. The highest BCUT2D eigenvalue weighted by Gasteiger charge is 2.54. The van der Waals surface area contributed by atoms with Crippen LogP contribution < -0.4 is 5.32 Å².